The van der Waals surface area contributed by atoms with E-state index in [1.54, 1.807) is 0 Å². The van der Waals surface area contributed by atoms with Gasteiger partial charge in [0.05, 0.1) is 12.1 Å². The van der Waals surface area contributed by atoms with E-state index >= 15 is 0 Å². The third-order valence-electron chi connectivity index (χ3n) is 1.74. The molecule has 1 atom stereocenters. The van der Waals surface area contributed by atoms with Crippen molar-refractivity contribution in [2.24, 2.45) is 0 Å². The molecule has 1 rings (SSSR count). The van der Waals surface area contributed by atoms with E-state index in [1.807, 2.05) is 0 Å². The highest BCUT2D eigenvalue weighted by Gasteiger charge is 2.15. The first kappa shape index (κ1) is 11.8. The monoisotopic (exact) mass is 232 g/mol. The van der Waals surface area contributed by atoms with Crippen molar-refractivity contribution in [1.29, 1.82) is 0 Å². The molecule has 0 saturated heterocycles. The molecule has 0 N–H and O–H groups in total. The van der Waals surface area contributed by atoms with E-state index in [0.717, 1.165) is 0 Å². The number of methoxy groups -OCH3 is 1. The summed E-state index contributed by atoms with van der Waals surface area (Å²) in [6, 6.07) is 3.86. The zero-order chi connectivity index (χ0) is 11.4. The van der Waals surface area contributed by atoms with Crippen molar-refractivity contribution in [2.45, 2.75) is 13.0 Å². The molecule has 0 bridgehead atoms. The summed E-state index contributed by atoms with van der Waals surface area (Å²) in [5, 5.41) is -0.0513. The molecule has 1 aromatic carbocycles. The smallest absolute Gasteiger partial charge is 0.346 e. The van der Waals surface area contributed by atoms with E-state index in [2.05, 4.69) is 4.74 Å². The number of carbonyl (C=O) groups is 1. The summed E-state index contributed by atoms with van der Waals surface area (Å²) in [5.41, 5.74) is 0. The summed E-state index contributed by atoms with van der Waals surface area (Å²) in [6.07, 6.45) is -0.753. The Bertz CT molecular complexity index is 368. The standard InChI is InChI=1S/C10H10ClFO3/c1-6(10(13)14-2)15-7-3-4-9(12)8(11)5-7/h3-6H,1-2H3/t6-/m0/s1. The number of esters is 1. The van der Waals surface area contributed by atoms with Gasteiger partial charge in [0.2, 0.25) is 0 Å². The van der Waals surface area contributed by atoms with Gasteiger partial charge >= 0.3 is 5.97 Å². The van der Waals surface area contributed by atoms with Crippen LogP contribution in [0.2, 0.25) is 5.02 Å². The van der Waals surface area contributed by atoms with Crippen LogP contribution < -0.4 is 4.74 Å². The molecule has 0 aliphatic carbocycles. The lowest BCUT2D eigenvalue weighted by Gasteiger charge is -2.12. The van der Waals surface area contributed by atoms with E-state index in [9.17, 15) is 9.18 Å². The number of carbonyl (C=O) groups excluding carboxylic acids is 1. The van der Waals surface area contributed by atoms with Gasteiger partial charge in [0.15, 0.2) is 6.10 Å². The number of ether oxygens (including phenoxy) is 2. The van der Waals surface area contributed by atoms with Gasteiger partial charge < -0.3 is 9.47 Å². The molecule has 0 fully saturated rings. The van der Waals surface area contributed by atoms with Gasteiger partial charge in [-0.1, -0.05) is 11.6 Å². The highest BCUT2D eigenvalue weighted by molar-refractivity contribution is 6.30. The lowest BCUT2D eigenvalue weighted by atomic mass is 10.3. The molecular formula is C10H10ClFO3. The summed E-state index contributed by atoms with van der Waals surface area (Å²) in [5.74, 6) is -0.718. The maximum Gasteiger partial charge on any atom is 0.346 e. The molecule has 0 aliphatic heterocycles. The predicted octanol–water partition coefficient (Wildman–Crippen LogP) is 2.42. The molecule has 5 heteroatoms. The van der Waals surface area contributed by atoms with Crippen LogP contribution in [0.3, 0.4) is 0 Å². The van der Waals surface area contributed by atoms with Crippen LogP contribution in [-0.4, -0.2) is 19.2 Å². The van der Waals surface area contributed by atoms with Gasteiger partial charge in [0.25, 0.3) is 0 Å². The predicted molar refractivity (Wildman–Crippen MR) is 53.5 cm³/mol. The maximum absolute atomic E-state index is 12.8. The minimum atomic E-state index is -0.753. The molecule has 1 aromatic rings. The van der Waals surface area contributed by atoms with Crippen LogP contribution in [0.5, 0.6) is 5.75 Å². The summed E-state index contributed by atoms with van der Waals surface area (Å²) in [6.45, 7) is 1.53. The fourth-order valence-corrected chi connectivity index (χ4v) is 1.14. The Morgan fingerprint density at radius 2 is 2.20 bits per heavy atom. The topological polar surface area (TPSA) is 35.5 Å². The quantitative estimate of drug-likeness (QED) is 0.751. The molecule has 3 nitrogen and oxygen atoms in total. The molecule has 0 amide bonds. The summed E-state index contributed by atoms with van der Waals surface area (Å²) in [7, 11) is 1.26. The summed E-state index contributed by atoms with van der Waals surface area (Å²) < 4.78 is 22.4. The number of halogens is 2. The SMILES string of the molecule is COC(=O)[C@H](C)Oc1ccc(F)c(Cl)c1. The second kappa shape index (κ2) is 4.98. The maximum atomic E-state index is 12.8. The van der Waals surface area contributed by atoms with E-state index in [4.69, 9.17) is 16.3 Å². The van der Waals surface area contributed by atoms with Gasteiger partial charge in [-0.3, -0.25) is 0 Å². The number of hydrogen-bond acceptors (Lipinski definition) is 3. The first-order valence-electron chi connectivity index (χ1n) is 4.24. The Kier molecular flexibility index (Phi) is 3.91. The first-order valence-corrected chi connectivity index (χ1v) is 4.62. The molecule has 0 unspecified atom stereocenters. The van der Waals surface area contributed by atoms with Crippen molar-refractivity contribution in [3.8, 4) is 5.75 Å². The minimum absolute atomic E-state index is 0.0513. The van der Waals surface area contributed by atoms with Crippen molar-refractivity contribution in [1.82, 2.24) is 0 Å². The average molecular weight is 233 g/mol. The van der Waals surface area contributed by atoms with Gasteiger partial charge in [-0.25, -0.2) is 9.18 Å². The Hall–Kier alpha value is -1.29. The third kappa shape index (κ3) is 3.09. The molecule has 0 heterocycles. The van der Waals surface area contributed by atoms with E-state index < -0.39 is 17.9 Å². The second-order valence-electron chi connectivity index (χ2n) is 2.86. The zero-order valence-corrected chi connectivity index (χ0v) is 9.05. The highest BCUT2D eigenvalue weighted by Crippen LogP contribution is 2.21. The number of benzene rings is 1. The Labute approximate surface area is 91.7 Å². The van der Waals surface area contributed by atoms with Crippen LogP contribution in [-0.2, 0) is 9.53 Å². The fourth-order valence-electron chi connectivity index (χ4n) is 0.968. The first-order chi connectivity index (χ1) is 7.04. The minimum Gasteiger partial charge on any atom is -0.479 e. The van der Waals surface area contributed by atoms with E-state index in [1.165, 1.54) is 32.2 Å². The highest BCUT2D eigenvalue weighted by atomic mass is 35.5. The molecule has 82 valence electrons. The Morgan fingerprint density at radius 1 is 1.53 bits per heavy atom. The van der Waals surface area contributed by atoms with Crippen molar-refractivity contribution in [3.05, 3.63) is 29.0 Å². The summed E-state index contributed by atoms with van der Waals surface area (Å²) >= 11 is 5.54. The molecule has 0 radical (unpaired) electrons. The molecule has 15 heavy (non-hydrogen) atoms. The Morgan fingerprint density at radius 3 is 2.73 bits per heavy atom. The lowest BCUT2D eigenvalue weighted by molar-refractivity contribution is -0.147. The average Bonchev–Trinajstić information content (AvgIpc) is 2.22. The van der Waals surface area contributed by atoms with Crippen molar-refractivity contribution >= 4 is 17.6 Å². The van der Waals surface area contributed by atoms with Crippen molar-refractivity contribution in [2.75, 3.05) is 7.11 Å². The van der Waals surface area contributed by atoms with E-state index in [0.29, 0.717) is 5.75 Å². The molecule has 0 spiro atoms. The van der Waals surface area contributed by atoms with Gasteiger partial charge in [-0.05, 0) is 19.1 Å². The van der Waals surface area contributed by atoms with Crippen molar-refractivity contribution < 1.29 is 18.7 Å². The number of rotatable bonds is 3. The lowest BCUT2D eigenvalue weighted by Crippen LogP contribution is -2.24. The molecular weight excluding hydrogens is 223 g/mol. The van der Waals surface area contributed by atoms with Crippen LogP contribution in [0, 0.1) is 5.82 Å². The Balaban J connectivity index is 2.73. The van der Waals surface area contributed by atoms with Gasteiger partial charge in [0, 0.05) is 6.07 Å². The van der Waals surface area contributed by atoms with Crippen LogP contribution >= 0.6 is 11.6 Å². The van der Waals surface area contributed by atoms with Gasteiger partial charge in [-0.15, -0.1) is 0 Å². The van der Waals surface area contributed by atoms with Crippen molar-refractivity contribution in [3.63, 3.8) is 0 Å². The van der Waals surface area contributed by atoms with Crippen LogP contribution in [0.4, 0.5) is 4.39 Å². The largest absolute Gasteiger partial charge is 0.479 e. The molecule has 0 aromatic heterocycles. The second-order valence-corrected chi connectivity index (χ2v) is 3.27. The molecule has 0 saturated carbocycles. The van der Waals surface area contributed by atoms with Gasteiger partial charge in [0.1, 0.15) is 11.6 Å². The third-order valence-corrected chi connectivity index (χ3v) is 2.03. The van der Waals surface area contributed by atoms with Crippen LogP contribution in [0.15, 0.2) is 18.2 Å². The van der Waals surface area contributed by atoms with E-state index in [-0.39, 0.29) is 5.02 Å². The van der Waals surface area contributed by atoms with Gasteiger partial charge in [-0.2, -0.15) is 0 Å². The van der Waals surface area contributed by atoms with Crippen LogP contribution in [0.25, 0.3) is 0 Å². The fraction of sp³-hybridized carbons (Fsp3) is 0.300. The summed E-state index contributed by atoms with van der Waals surface area (Å²) in [4.78, 5) is 11.0. The number of hydrogen-bond donors (Lipinski definition) is 0. The normalized spacial score (nSPS) is 12.0. The van der Waals surface area contributed by atoms with Crippen LogP contribution in [0.1, 0.15) is 6.92 Å². The molecule has 0 aliphatic rings. The zero-order valence-electron chi connectivity index (χ0n) is 8.29.